The number of halogens is 1. The minimum absolute atomic E-state index is 0.0262. The van der Waals surface area contributed by atoms with Crippen molar-refractivity contribution in [1.82, 2.24) is 0 Å². The van der Waals surface area contributed by atoms with Crippen molar-refractivity contribution < 1.29 is 14.6 Å². The number of Topliss-reactive ketones (excluding diaryl/α,β-unsaturated/α-hetero) is 1. The molecule has 0 aliphatic carbocycles. The summed E-state index contributed by atoms with van der Waals surface area (Å²) < 4.78 is 6.84. The number of benzene rings is 2. The molecule has 1 aliphatic rings. The number of ether oxygens (including phenoxy) is 1. The molecule has 3 nitrogen and oxygen atoms in total. The maximum Gasteiger partial charge on any atom is 0.174 e. The number of phenolic OH excluding ortho intramolecular Hbond substituents is 1. The van der Waals surface area contributed by atoms with Gasteiger partial charge in [0.25, 0.3) is 0 Å². The number of rotatable bonds is 3. The number of hydrogen-bond donors (Lipinski definition) is 1. The monoisotopic (exact) mass is 406 g/mol. The normalized spacial score (nSPS) is 16.8. The molecule has 3 rings (SSSR count). The molecular weight excluding hydrogens is 391 g/mol. The minimum Gasteiger partial charge on any atom is -0.507 e. The maximum absolute atomic E-state index is 12.5. The molecule has 0 spiro atoms. The first-order valence-corrected chi connectivity index (χ1v) is 8.09. The lowest BCUT2D eigenvalue weighted by atomic mass is 9.93. The van der Waals surface area contributed by atoms with Gasteiger partial charge in [-0.3, -0.25) is 4.79 Å². The molecule has 1 atom stereocenters. The van der Waals surface area contributed by atoms with Crippen molar-refractivity contribution in [3.8, 4) is 11.5 Å². The van der Waals surface area contributed by atoms with Crippen LogP contribution in [0.1, 0.15) is 34.0 Å². The fourth-order valence-electron chi connectivity index (χ4n) is 2.67. The van der Waals surface area contributed by atoms with Crippen molar-refractivity contribution in [1.29, 1.82) is 0 Å². The first kappa shape index (κ1) is 15.1. The predicted octanol–water partition coefficient (Wildman–Crippen LogP) is 4.43. The van der Waals surface area contributed by atoms with Crippen LogP contribution in [0.25, 0.3) is 0 Å². The molecule has 22 heavy (non-hydrogen) atoms. The Bertz CT molecular complexity index is 738. The number of phenols is 1. The van der Waals surface area contributed by atoms with Crippen molar-refractivity contribution in [3.05, 3.63) is 69.3 Å². The van der Waals surface area contributed by atoms with Crippen LogP contribution in [0.3, 0.4) is 0 Å². The molecule has 1 heterocycles. The van der Waals surface area contributed by atoms with E-state index >= 15 is 0 Å². The Labute approximate surface area is 142 Å². The third-order valence-electron chi connectivity index (χ3n) is 3.75. The molecule has 1 aliphatic heterocycles. The van der Waals surface area contributed by atoms with Gasteiger partial charge in [-0.15, -0.1) is 6.58 Å². The van der Waals surface area contributed by atoms with Crippen LogP contribution < -0.4 is 4.74 Å². The molecule has 0 bridgehead atoms. The van der Waals surface area contributed by atoms with Crippen molar-refractivity contribution in [2.75, 3.05) is 0 Å². The summed E-state index contributed by atoms with van der Waals surface area (Å²) >= 11 is 2.15. The van der Waals surface area contributed by atoms with Crippen molar-refractivity contribution in [3.63, 3.8) is 0 Å². The molecular formula is C18H15IO3. The highest BCUT2D eigenvalue weighted by atomic mass is 127. The van der Waals surface area contributed by atoms with Gasteiger partial charge in [-0.25, -0.2) is 0 Å². The van der Waals surface area contributed by atoms with Gasteiger partial charge < -0.3 is 9.84 Å². The second-order valence-corrected chi connectivity index (χ2v) is 6.36. The number of carbonyl (C=O) groups excluding carboxylic acids is 1. The number of fused-ring (bicyclic) bond motifs is 1. The first-order valence-electron chi connectivity index (χ1n) is 7.02. The second kappa shape index (κ2) is 6.12. The van der Waals surface area contributed by atoms with Gasteiger partial charge in [0.2, 0.25) is 0 Å². The number of carbonyl (C=O) groups is 1. The fraction of sp³-hybridized carbons (Fsp3) is 0.167. The van der Waals surface area contributed by atoms with Crippen molar-refractivity contribution >= 4 is 28.4 Å². The molecule has 0 saturated heterocycles. The Morgan fingerprint density at radius 3 is 2.77 bits per heavy atom. The van der Waals surface area contributed by atoms with Gasteiger partial charge in [0.1, 0.15) is 23.2 Å². The van der Waals surface area contributed by atoms with Gasteiger partial charge in [0, 0.05) is 9.13 Å². The van der Waals surface area contributed by atoms with Gasteiger partial charge in [0.15, 0.2) is 5.78 Å². The van der Waals surface area contributed by atoms with Gasteiger partial charge in [-0.1, -0.05) is 36.4 Å². The molecule has 0 saturated carbocycles. The van der Waals surface area contributed by atoms with Crippen molar-refractivity contribution in [2.24, 2.45) is 0 Å². The summed E-state index contributed by atoms with van der Waals surface area (Å²) in [4.78, 5) is 12.5. The summed E-state index contributed by atoms with van der Waals surface area (Å²) in [6.45, 7) is 3.69. The molecule has 2 aromatic carbocycles. The predicted molar refractivity (Wildman–Crippen MR) is 93.5 cm³/mol. The maximum atomic E-state index is 12.5. The Morgan fingerprint density at radius 1 is 1.36 bits per heavy atom. The molecule has 0 amide bonds. The quantitative estimate of drug-likeness (QED) is 0.606. The SMILES string of the molecule is C=CCc1c(I)cc2c(c1O)C(=O)CC(c1ccccc1)O2. The Hall–Kier alpha value is -1.82. The second-order valence-electron chi connectivity index (χ2n) is 5.20. The molecule has 1 unspecified atom stereocenters. The zero-order chi connectivity index (χ0) is 15.7. The Kier molecular flexibility index (Phi) is 4.20. The van der Waals surface area contributed by atoms with Gasteiger partial charge >= 0.3 is 0 Å². The standard InChI is InChI=1S/C18H15IO3/c1-2-6-12-13(19)9-16-17(18(12)21)14(20)10-15(22-16)11-7-4-3-5-8-11/h2-5,7-9,15,21H,1,6,10H2. The van der Waals surface area contributed by atoms with Gasteiger partial charge in [0.05, 0.1) is 6.42 Å². The van der Waals surface area contributed by atoms with Gasteiger partial charge in [-0.05, 0) is 40.6 Å². The van der Waals surface area contributed by atoms with Gasteiger partial charge in [-0.2, -0.15) is 0 Å². The fourth-order valence-corrected chi connectivity index (χ4v) is 3.43. The lowest BCUT2D eigenvalue weighted by molar-refractivity contribution is 0.0845. The van der Waals surface area contributed by atoms with E-state index in [0.29, 0.717) is 17.7 Å². The summed E-state index contributed by atoms with van der Waals surface area (Å²) in [6, 6.07) is 11.5. The lowest BCUT2D eigenvalue weighted by Gasteiger charge is -2.27. The van der Waals surface area contributed by atoms with Crippen LogP contribution in [0, 0.1) is 3.57 Å². The van der Waals surface area contributed by atoms with Crippen molar-refractivity contribution in [2.45, 2.75) is 18.9 Å². The first-order chi connectivity index (χ1) is 10.6. The van der Waals surface area contributed by atoms with E-state index in [4.69, 9.17) is 4.74 Å². The van der Waals surface area contributed by atoms with Crippen LogP contribution >= 0.6 is 22.6 Å². The van der Waals surface area contributed by atoms with E-state index in [1.165, 1.54) is 0 Å². The van der Waals surface area contributed by atoms with Crippen LogP contribution in [0.15, 0.2) is 49.1 Å². The molecule has 0 fully saturated rings. The van der Waals surface area contributed by atoms with E-state index in [1.807, 2.05) is 36.4 Å². The zero-order valence-corrected chi connectivity index (χ0v) is 14.0. The highest BCUT2D eigenvalue weighted by Crippen LogP contribution is 2.42. The number of ketones is 1. The topological polar surface area (TPSA) is 46.5 Å². The summed E-state index contributed by atoms with van der Waals surface area (Å²) in [7, 11) is 0. The highest BCUT2D eigenvalue weighted by Gasteiger charge is 2.31. The number of hydrogen-bond acceptors (Lipinski definition) is 3. The van der Waals surface area contributed by atoms with Crippen LogP contribution in [0.2, 0.25) is 0 Å². The molecule has 0 aromatic heterocycles. The summed E-state index contributed by atoms with van der Waals surface area (Å²) in [6.07, 6.45) is 2.16. The smallest absolute Gasteiger partial charge is 0.174 e. The summed E-state index contributed by atoms with van der Waals surface area (Å²) in [5.41, 5.74) is 1.99. The largest absolute Gasteiger partial charge is 0.507 e. The van der Waals surface area contributed by atoms with E-state index in [9.17, 15) is 9.90 Å². The third kappa shape index (κ3) is 2.63. The summed E-state index contributed by atoms with van der Waals surface area (Å²) in [5, 5.41) is 10.4. The molecule has 4 heteroatoms. The number of aromatic hydroxyl groups is 1. The van der Waals surface area contributed by atoms with Crippen LogP contribution in [0.5, 0.6) is 11.5 Å². The molecule has 112 valence electrons. The summed E-state index contributed by atoms with van der Waals surface area (Å²) in [5.74, 6) is 0.396. The van der Waals surface area contributed by atoms with E-state index in [0.717, 1.165) is 14.7 Å². The van der Waals surface area contributed by atoms with Crippen LogP contribution in [-0.2, 0) is 6.42 Å². The zero-order valence-electron chi connectivity index (χ0n) is 11.9. The highest BCUT2D eigenvalue weighted by molar-refractivity contribution is 14.1. The van der Waals surface area contributed by atoms with Crippen LogP contribution in [0.4, 0.5) is 0 Å². The lowest BCUT2D eigenvalue weighted by Crippen LogP contribution is -2.21. The third-order valence-corrected chi connectivity index (χ3v) is 4.72. The average Bonchev–Trinajstić information content (AvgIpc) is 2.51. The molecule has 2 aromatic rings. The Morgan fingerprint density at radius 2 is 2.09 bits per heavy atom. The van der Waals surface area contributed by atoms with E-state index in [1.54, 1.807) is 6.08 Å². The van der Waals surface area contributed by atoms with Crippen LogP contribution in [-0.4, -0.2) is 10.9 Å². The Balaban J connectivity index is 2.04. The number of allylic oxidation sites excluding steroid dienone is 1. The van der Waals surface area contributed by atoms with E-state index < -0.39 is 0 Å². The molecule has 1 N–H and O–H groups in total. The average molecular weight is 406 g/mol. The van der Waals surface area contributed by atoms with E-state index in [-0.39, 0.29) is 24.1 Å². The van der Waals surface area contributed by atoms with E-state index in [2.05, 4.69) is 29.2 Å². The minimum atomic E-state index is -0.304. The molecule has 0 radical (unpaired) electrons.